The van der Waals surface area contributed by atoms with Gasteiger partial charge in [-0.3, -0.25) is 9.59 Å². The molecule has 1 aliphatic rings. The van der Waals surface area contributed by atoms with Crippen LogP contribution in [0.2, 0.25) is 0 Å². The van der Waals surface area contributed by atoms with Crippen molar-refractivity contribution in [3.05, 3.63) is 71.2 Å². The van der Waals surface area contributed by atoms with Crippen LogP contribution < -0.4 is 10.6 Å². The third-order valence-electron chi connectivity index (χ3n) is 3.88. The van der Waals surface area contributed by atoms with Crippen LogP contribution in [0.5, 0.6) is 0 Å². The van der Waals surface area contributed by atoms with Crippen LogP contribution >= 0.6 is 0 Å². The number of carboxylic acids is 1. The molecule has 28 heavy (non-hydrogen) atoms. The lowest BCUT2D eigenvalue weighted by Gasteiger charge is -2.12. The molecule has 0 aromatic heterocycles. The molecular weight excluding hydrogens is 369 g/mol. The van der Waals surface area contributed by atoms with Crippen molar-refractivity contribution < 1.29 is 28.7 Å². The molecule has 3 N–H and O–H groups in total. The van der Waals surface area contributed by atoms with E-state index in [0.717, 1.165) is 0 Å². The summed E-state index contributed by atoms with van der Waals surface area (Å²) < 4.78 is 13.6. The van der Waals surface area contributed by atoms with Crippen LogP contribution in [-0.2, 0) is 9.59 Å². The first-order chi connectivity index (χ1) is 13.3. The second-order valence-electron chi connectivity index (χ2n) is 5.83. The van der Waals surface area contributed by atoms with E-state index >= 15 is 0 Å². The Morgan fingerprint density at radius 1 is 1.11 bits per heavy atom. The summed E-state index contributed by atoms with van der Waals surface area (Å²) in [6, 6.07) is 10.4. The Labute approximate surface area is 158 Å². The van der Waals surface area contributed by atoms with Gasteiger partial charge in [-0.2, -0.15) is 0 Å². The van der Waals surface area contributed by atoms with Crippen molar-refractivity contribution in [2.45, 2.75) is 0 Å². The van der Waals surface area contributed by atoms with E-state index in [9.17, 15) is 23.6 Å². The van der Waals surface area contributed by atoms with E-state index in [1.807, 2.05) is 0 Å². The number of carbonyl (C=O) groups excluding carboxylic acids is 3. The minimum atomic E-state index is -1.09. The Hall–Kier alpha value is -4.01. The molecule has 1 heterocycles. The number of para-hydroxylation sites is 1. The van der Waals surface area contributed by atoms with E-state index < -0.39 is 36.2 Å². The molecule has 9 heteroatoms. The van der Waals surface area contributed by atoms with Crippen LogP contribution in [-0.4, -0.2) is 40.4 Å². The van der Waals surface area contributed by atoms with E-state index in [0.29, 0.717) is 10.5 Å². The number of hydrogen-bond acceptors (Lipinski definition) is 4. The first-order valence-electron chi connectivity index (χ1n) is 8.07. The maximum Gasteiger partial charge on any atom is 0.335 e. The quantitative estimate of drug-likeness (QED) is 0.540. The minimum absolute atomic E-state index is 0.0613. The van der Waals surface area contributed by atoms with Gasteiger partial charge in [0.25, 0.3) is 5.91 Å². The molecule has 0 radical (unpaired) electrons. The lowest BCUT2D eigenvalue weighted by molar-refractivity contribution is -0.127. The molecule has 0 aliphatic carbocycles. The molecule has 0 bridgehead atoms. The Bertz CT molecular complexity index is 1000. The average Bonchev–Trinajstić information content (AvgIpc) is 2.91. The number of urea groups is 1. The fourth-order valence-corrected chi connectivity index (χ4v) is 2.50. The molecule has 0 spiro atoms. The van der Waals surface area contributed by atoms with Crippen molar-refractivity contribution in [3.8, 4) is 0 Å². The Morgan fingerprint density at radius 3 is 2.43 bits per heavy atom. The molecule has 1 fully saturated rings. The summed E-state index contributed by atoms with van der Waals surface area (Å²) in [5.74, 6) is -3.19. The van der Waals surface area contributed by atoms with E-state index in [1.165, 1.54) is 54.6 Å². The summed E-state index contributed by atoms with van der Waals surface area (Å²) in [4.78, 5) is 48.0. The first kappa shape index (κ1) is 18.8. The molecule has 0 atom stereocenters. The smallest absolute Gasteiger partial charge is 0.335 e. The van der Waals surface area contributed by atoms with Gasteiger partial charge in [-0.25, -0.2) is 18.9 Å². The normalized spacial score (nSPS) is 14.9. The molecule has 2 aromatic carbocycles. The number of halogens is 1. The number of carbonyl (C=O) groups is 4. The van der Waals surface area contributed by atoms with Crippen molar-refractivity contribution in [1.82, 2.24) is 10.2 Å². The highest BCUT2D eigenvalue weighted by Gasteiger charge is 2.35. The number of amides is 4. The second-order valence-corrected chi connectivity index (χ2v) is 5.83. The number of imide groups is 1. The minimum Gasteiger partial charge on any atom is -0.478 e. The molecule has 2 aromatic rings. The molecule has 0 saturated carbocycles. The molecule has 1 aliphatic heterocycles. The van der Waals surface area contributed by atoms with Crippen molar-refractivity contribution in [2.24, 2.45) is 0 Å². The van der Waals surface area contributed by atoms with Crippen LogP contribution in [0, 0.1) is 5.82 Å². The average molecular weight is 383 g/mol. The first-order valence-corrected chi connectivity index (χ1v) is 8.07. The van der Waals surface area contributed by atoms with Crippen LogP contribution in [0.25, 0.3) is 6.08 Å². The number of nitrogens with zero attached hydrogens (tertiary/aromatic N) is 1. The summed E-state index contributed by atoms with van der Waals surface area (Å²) in [7, 11) is 0. The molecule has 3 rings (SSSR count). The maximum atomic E-state index is 13.6. The molecule has 0 unspecified atom stereocenters. The second kappa shape index (κ2) is 7.70. The highest BCUT2D eigenvalue weighted by molar-refractivity contribution is 6.16. The van der Waals surface area contributed by atoms with Crippen LogP contribution in [0.15, 0.2) is 54.2 Å². The topological polar surface area (TPSA) is 116 Å². The van der Waals surface area contributed by atoms with E-state index in [-0.39, 0.29) is 16.9 Å². The summed E-state index contributed by atoms with van der Waals surface area (Å²) in [5, 5.41) is 13.5. The van der Waals surface area contributed by atoms with Gasteiger partial charge in [0.05, 0.1) is 11.3 Å². The number of carboxylic acid groups (broad SMARTS) is 1. The van der Waals surface area contributed by atoms with Gasteiger partial charge in [-0.1, -0.05) is 24.3 Å². The Balaban J connectivity index is 1.70. The summed E-state index contributed by atoms with van der Waals surface area (Å²) in [6.45, 7) is -0.589. The number of anilines is 1. The van der Waals surface area contributed by atoms with E-state index in [4.69, 9.17) is 5.11 Å². The zero-order valence-electron chi connectivity index (χ0n) is 14.3. The standard InChI is InChI=1S/C19H14FN3O5/c20-13-3-1-2-4-14(13)21-16(24)10-23-17(25)15(22-19(23)28)9-11-5-7-12(8-6-11)18(26)27/h1-9H,10H2,(H,21,24)(H,22,28)(H,26,27). The Morgan fingerprint density at radius 2 is 1.79 bits per heavy atom. The molecule has 142 valence electrons. The third kappa shape index (κ3) is 4.04. The predicted octanol–water partition coefficient (Wildman–Crippen LogP) is 2.06. The summed E-state index contributed by atoms with van der Waals surface area (Å²) in [6.07, 6.45) is 1.36. The number of nitrogens with one attached hydrogen (secondary N) is 2. The zero-order valence-corrected chi connectivity index (χ0v) is 14.3. The van der Waals surface area contributed by atoms with E-state index in [2.05, 4.69) is 10.6 Å². The van der Waals surface area contributed by atoms with Crippen LogP contribution in [0.1, 0.15) is 15.9 Å². The van der Waals surface area contributed by atoms with Gasteiger partial charge in [0.1, 0.15) is 18.1 Å². The lowest BCUT2D eigenvalue weighted by Crippen LogP contribution is -2.38. The Kier molecular flexibility index (Phi) is 5.16. The number of benzene rings is 2. The van der Waals surface area contributed by atoms with Crippen molar-refractivity contribution in [2.75, 3.05) is 11.9 Å². The molecular formula is C19H14FN3O5. The van der Waals surface area contributed by atoms with Crippen LogP contribution in [0.4, 0.5) is 14.9 Å². The predicted molar refractivity (Wildman–Crippen MR) is 96.7 cm³/mol. The third-order valence-corrected chi connectivity index (χ3v) is 3.88. The summed E-state index contributed by atoms with van der Waals surface area (Å²) >= 11 is 0. The van der Waals surface area contributed by atoms with Gasteiger partial charge in [0, 0.05) is 0 Å². The fourth-order valence-electron chi connectivity index (χ4n) is 2.50. The van der Waals surface area contributed by atoms with E-state index in [1.54, 1.807) is 0 Å². The molecule has 1 saturated heterocycles. The van der Waals surface area contributed by atoms with Gasteiger partial charge in [-0.05, 0) is 35.9 Å². The molecule has 8 nitrogen and oxygen atoms in total. The monoisotopic (exact) mass is 383 g/mol. The number of aromatic carboxylic acids is 1. The van der Waals surface area contributed by atoms with Crippen molar-refractivity contribution >= 4 is 35.6 Å². The van der Waals surface area contributed by atoms with Gasteiger partial charge in [-0.15, -0.1) is 0 Å². The van der Waals surface area contributed by atoms with Gasteiger partial charge in [0.15, 0.2) is 0 Å². The lowest BCUT2D eigenvalue weighted by atomic mass is 10.1. The van der Waals surface area contributed by atoms with Crippen molar-refractivity contribution in [3.63, 3.8) is 0 Å². The maximum absolute atomic E-state index is 13.6. The highest BCUT2D eigenvalue weighted by Crippen LogP contribution is 2.16. The number of hydrogen-bond donors (Lipinski definition) is 3. The number of rotatable bonds is 5. The van der Waals surface area contributed by atoms with Crippen LogP contribution in [0.3, 0.4) is 0 Å². The van der Waals surface area contributed by atoms with Gasteiger partial charge >= 0.3 is 12.0 Å². The largest absolute Gasteiger partial charge is 0.478 e. The molecule has 4 amide bonds. The van der Waals surface area contributed by atoms with Gasteiger partial charge in [0.2, 0.25) is 5.91 Å². The zero-order chi connectivity index (χ0) is 20.3. The van der Waals surface area contributed by atoms with Gasteiger partial charge < -0.3 is 15.7 Å². The summed E-state index contributed by atoms with van der Waals surface area (Å²) in [5.41, 5.74) is 0.447. The highest BCUT2D eigenvalue weighted by atomic mass is 19.1. The van der Waals surface area contributed by atoms with Crippen molar-refractivity contribution in [1.29, 1.82) is 0 Å². The fraction of sp³-hybridized carbons (Fsp3) is 0.0526. The SMILES string of the molecule is O=C(CN1C(=O)NC(=Cc2ccc(C(=O)O)cc2)C1=O)Nc1ccccc1F.